The van der Waals surface area contributed by atoms with Crippen molar-refractivity contribution < 1.29 is 0 Å². The lowest BCUT2D eigenvalue weighted by Gasteiger charge is -2.26. The number of nitrogens with zero attached hydrogens (tertiary/aromatic N) is 4. The van der Waals surface area contributed by atoms with Gasteiger partial charge in [-0.25, -0.2) is 9.97 Å². The van der Waals surface area contributed by atoms with Gasteiger partial charge >= 0.3 is 0 Å². The number of nitrogens with one attached hydrogen (secondary N) is 1. The molecule has 20 heavy (non-hydrogen) atoms. The first-order valence-electron chi connectivity index (χ1n) is 7.27. The van der Waals surface area contributed by atoms with Crippen LogP contribution < -0.4 is 10.2 Å². The molecule has 0 saturated heterocycles. The van der Waals surface area contributed by atoms with Gasteiger partial charge in [-0.1, -0.05) is 6.92 Å². The van der Waals surface area contributed by atoms with Crippen molar-refractivity contribution in [2.75, 3.05) is 29.9 Å². The first kappa shape index (κ1) is 16.2. The van der Waals surface area contributed by atoms with E-state index in [0.717, 1.165) is 42.5 Å². The van der Waals surface area contributed by atoms with Gasteiger partial charge in [0, 0.05) is 25.2 Å². The molecule has 5 heteroatoms. The van der Waals surface area contributed by atoms with E-state index in [1.54, 1.807) is 0 Å². The van der Waals surface area contributed by atoms with Crippen molar-refractivity contribution in [3.63, 3.8) is 0 Å². The van der Waals surface area contributed by atoms with Crippen molar-refractivity contribution in [2.45, 2.75) is 41.0 Å². The van der Waals surface area contributed by atoms with Crippen molar-refractivity contribution in [1.82, 2.24) is 9.97 Å². The third kappa shape index (κ3) is 4.09. The Bertz CT molecular complexity index is 478. The first-order chi connectivity index (χ1) is 9.53. The fourth-order valence-corrected chi connectivity index (χ4v) is 2.07. The lowest BCUT2D eigenvalue weighted by molar-refractivity contribution is 0.675. The lowest BCUT2D eigenvalue weighted by Crippen LogP contribution is -2.30. The summed E-state index contributed by atoms with van der Waals surface area (Å²) in [6.45, 7) is 12.5. The quantitative estimate of drug-likeness (QED) is 0.829. The zero-order chi connectivity index (χ0) is 15.1. The molecule has 0 amide bonds. The molecule has 0 spiro atoms. The van der Waals surface area contributed by atoms with E-state index in [1.807, 2.05) is 20.8 Å². The van der Waals surface area contributed by atoms with Gasteiger partial charge in [-0.2, -0.15) is 5.26 Å². The summed E-state index contributed by atoms with van der Waals surface area (Å²) in [5.74, 6) is 2.57. The maximum absolute atomic E-state index is 9.00. The Morgan fingerprint density at radius 2 is 2.00 bits per heavy atom. The Labute approximate surface area is 122 Å². The average Bonchev–Trinajstić information content (AvgIpc) is 2.45. The van der Waals surface area contributed by atoms with Crippen molar-refractivity contribution in [3.05, 3.63) is 11.4 Å². The molecule has 1 aromatic heterocycles. The molecule has 0 fully saturated rings. The van der Waals surface area contributed by atoms with Crippen LogP contribution in [0.3, 0.4) is 0 Å². The fourth-order valence-electron chi connectivity index (χ4n) is 2.07. The summed E-state index contributed by atoms with van der Waals surface area (Å²) in [6, 6.07) is 2.28. The second kappa shape index (κ2) is 7.68. The van der Waals surface area contributed by atoms with Gasteiger partial charge in [0.15, 0.2) is 0 Å². The van der Waals surface area contributed by atoms with Crippen molar-refractivity contribution in [1.29, 1.82) is 5.26 Å². The van der Waals surface area contributed by atoms with Gasteiger partial charge in [-0.3, -0.25) is 0 Å². The summed E-state index contributed by atoms with van der Waals surface area (Å²) in [6.07, 6.45) is 1.06. The van der Waals surface area contributed by atoms with Crippen LogP contribution in [0.25, 0.3) is 0 Å². The van der Waals surface area contributed by atoms with Gasteiger partial charge in [-0.05, 0) is 34.1 Å². The maximum atomic E-state index is 9.00. The Morgan fingerprint density at radius 3 is 2.55 bits per heavy atom. The fraction of sp³-hybridized carbons (Fsp3) is 0.667. The van der Waals surface area contributed by atoms with E-state index < -0.39 is 0 Å². The average molecular weight is 275 g/mol. The van der Waals surface area contributed by atoms with E-state index in [-0.39, 0.29) is 5.92 Å². The van der Waals surface area contributed by atoms with Crippen molar-refractivity contribution >= 4 is 11.6 Å². The predicted octanol–water partition coefficient (Wildman–Crippen LogP) is 2.90. The Morgan fingerprint density at radius 1 is 1.30 bits per heavy atom. The highest BCUT2D eigenvalue weighted by atomic mass is 15.2. The normalized spacial score (nSPS) is 11.8. The summed E-state index contributed by atoms with van der Waals surface area (Å²) >= 11 is 0. The van der Waals surface area contributed by atoms with Gasteiger partial charge in [0.25, 0.3) is 0 Å². The zero-order valence-corrected chi connectivity index (χ0v) is 13.2. The van der Waals surface area contributed by atoms with Gasteiger partial charge in [0.05, 0.1) is 12.0 Å². The largest absolute Gasteiger partial charge is 0.370 e. The molecule has 1 unspecified atom stereocenters. The van der Waals surface area contributed by atoms with Crippen LogP contribution in [0.4, 0.5) is 11.6 Å². The van der Waals surface area contributed by atoms with Crippen LogP contribution in [0.5, 0.6) is 0 Å². The number of anilines is 2. The van der Waals surface area contributed by atoms with Crippen LogP contribution in [0.1, 0.15) is 38.6 Å². The summed E-state index contributed by atoms with van der Waals surface area (Å²) in [5.41, 5.74) is 1.05. The summed E-state index contributed by atoms with van der Waals surface area (Å²) < 4.78 is 0. The van der Waals surface area contributed by atoms with E-state index in [2.05, 4.69) is 40.1 Å². The van der Waals surface area contributed by atoms with Crippen LogP contribution in [-0.2, 0) is 0 Å². The molecule has 0 bridgehead atoms. The molecule has 0 radical (unpaired) electrons. The van der Waals surface area contributed by atoms with Crippen LogP contribution in [0.15, 0.2) is 0 Å². The molecule has 5 nitrogen and oxygen atoms in total. The Hall–Kier alpha value is -1.83. The van der Waals surface area contributed by atoms with E-state index in [0.29, 0.717) is 6.54 Å². The van der Waals surface area contributed by atoms with Gasteiger partial charge in [-0.15, -0.1) is 0 Å². The molecule has 0 aliphatic rings. The lowest BCUT2D eigenvalue weighted by atomic mass is 10.2. The van der Waals surface area contributed by atoms with Crippen molar-refractivity contribution in [3.8, 4) is 6.07 Å². The highest BCUT2D eigenvalue weighted by Crippen LogP contribution is 2.24. The molecule has 0 aliphatic carbocycles. The third-order valence-corrected chi connectivity index (χ3v) is 3.17. The zero-order valence-electron chi connectivity index (χ0n) is 13.2. The molecule has 1 rings (SSSR count). The molecule has 0 aromatic carbocycles. The van der Waals surface area contributed by atoms with Gasteiger partial charge < -0.3 is 10.2 Å². The molecule has 1 N–H and O–H groups in total. The third-order valence-electron chi connectivity index (χ3n) is 3.17. The molecule has 110 valence electrons. The highest BCUT2D eigenvalue weighted by Gasteiger charge is 2.16. The van der Waals surface area contributed by atoms with Crippen LogP contribution in [-0.4, -0.2) is 29.6 Å². The van der Waals surface area contributed by atoms with Crippen LogP contribution in [0.2, 0.25) is 0 Å². The number of hydrogen-bond donors (Lipinski definition) is 1. The first-order valence-corrected chi connectivity index (χ1v) is 7.27. The van der Waals surface area contributed by atoms with Gasteiger partial charge in [0.1, 0.15) is 17.5 Å². The Balaban J connectivity index is 3.08. The second-order valence-corrected chi connectivity index (χ2v) is 5.06. The smallest absolute Gasteiger partial charge is 0.137 e. The molecular weight excluding hydrogens is 250 g/mol. The predicted molar refractivity (Wildman–Crippen MR) is 83.0 cm³/mol. The summed E-state index contributed by atoms with van der Waals surface area (Å²) in [7, 11) is 0. The number of rotatable bonds is 7. The SMILES string of the molecule is CCCNc1nc(C)nc(N(CC)CC(C)C#N)c1C. The standard InChI is InChI=1S/C15H25N5/c1-6-8-17-14-12(4)15(19-13(5)18-14)20(7-2)10-11(3)9-16/h11H,6-8,10H2,1-5H3,(H,17,18,19). The summed E-state index contributed by atoms with van der Waals surface area (Å²) in [4.78, 5) is 11.2. The van der Waals surface area contributed by atoms with E-state index in [4.69, 9.17) is 5.26 Å². The van der Waals surface area contributed by atoms with Crippen LogP contribution >= 0.6 is 0 Å². The monoisotopic (exact) mass is 275 g/mol. The molecule has 1 heterocycles. The number of aromatic nitrogens is 2. The van der Waals surface area contributed by atoms with Crippen molar-refractivity contribution in [2.24, 2.45) is 5.92 Å². The molecular formula is C15H25N5. The minimum Gasteiger partial charge on any atom is -0.370 e. The minimum absolute atomic E-state index is 0.0170. The highest BCUT2D eigenvalue weighted by molar-refractivity contribution is 5.58. The number of nitriles is 1. The Kier molecular flexibility index (Phi) is 6.23. The number of aryl methyl sites for hydroxylation is 1. The van der Waals surface area contributed by atoms with E-state index in [9.17, 15) is 0 Å². The molecule has 0 saturated carbocycles. The van der Waals surface area contributed by atoms with Crippen LogP contribution in [0, 0.1) is 31.1 Å². The maximum Gasteiger partial charge on any atom is 0.137 e. The molecule has 1 atom stereocenters. The second-order valence-electron chi connectivity index (χ2n) is 5.06. The van der Waals surface area contributed by atoms with E-state index >= 15 is 0 Å². The topological polar surface area (TPSA) is 64.8 Å². The van der Waals surface area contributed by atoms with Gasteiger partial charge in [0.2, 0.25) is 0 Å². The molecule has 1 aromatic rings. The van der Waals surface area contributed by atoms with E-state index in [1.165, 1.54) is 0 Å². The summed E-state index contributed by atoms with van der Waals surface area (Å²) in [5, 5.41) is 12.3. The minimum atomic E-state index is -0.0170. The molecule has 0 aliphatic heterocycles. The number of hydrogen-bond acceptors (Lipinski definition) is 5.